The normalized spacial score (nSPS) is 10.2. The molecule has 8 nitrogen and oxygen atoms in total. The van der Waals surface area contributed by atoms with Crippen LogP contribution in [-0.2, 0) is 6.54 Å². The number of nitrogens with zero attached hydrogens (tertiary/aromatic N) is 2. The molecular formula is C12H11N3O5. The van der Waals surface area contributed by atoms with Gasteiger partial charge in [-0.05, 0) is 25.1 Å². The number of carboxylic acids is 1. The first-order valence-corrected chi connectivity index (χ1v) is 5.65. The summed E-state index contributed by atoms with van der Waals surface area (Å²) in [5.74, 6) is -0.406. The van der Waals surface area contributed by atoms with Gasteiger partial charge in [-0.1, -0.05) is 0 Å². The van der Waals surface area contributed by atoms with Gasteiger partial charge in [0.15, 0.2) is 0 Å². The molecule has 0 unspecified atom stereocenters. The van der Waals surface area contributed by atoms with E-state index >= 15 is 0 Å². The highest BCUT2D eigenvalue weighted by atomic mass is 16.6. The molecule has 20 heavy (non-hydrogen) atoms. The predicted octanol–water partition coefficient (Wildman–Crippen LogP) is 2.20. The van der Waals surface area contributed by atoms with E-state index in [-0.39, 0.29) is 18.0 Å². The summed E-state index contributed by atoms with van der Waals surface area (Å²) in [5, 5.41) is 22.3. The zero-order valence-electron chi connectivity index (χ0n) is 10.5. The SMILES string of the molecule is Cc1nc(NCc2ccc(C(=O)O)o2)ccc1[N+](=O)[O-]. The molecule has 0 bridgehead atoms. The molecule has 2 heterocycles. The number of carboxylic acid groups (broad SMARTS) is 1. The number of aromatic nitrogens is 1. The highest BCUT2D eigenvalue weighted by Crippen LogP contribution is 2.18. The minimum Gasteiger partial charge on any atom is -0.475 e. The maximum Gasteiger partial charge on any atom is 0.371 e. The second-order valence-electron chi connectivity index (χ2n) is 3.98. The summed E-state index contributed by atoms with van der Waals surface area (Å²) in [5.41, 5.74) is 0.243. The molecule has 0 aliphatic heterocycles. The molecule has 0 saturated heterocycles. The summed E-state index contributed by atoms with van der Waals surface area (Å²) in [4.78, 5) is 24.8. The zero-order valence-corrected chi connectivity index (χ0v) is 10.5. The highest BCUT2D eigenvalue weighted by Gasteiger charge is 2.12. The summed E-state index contributed by atoms with van der Waals surface area (Å²) in [7, 11) is 0. The van der Waals surface area contributed by atoms with Crippen LogP contribution in [0.1, 0.15) is 22.0 Å². The Morgan fingerprint density at radius 1 is 1.45 bits per heavy atom. The van der Waals surface area contributed by atoms with E-state index in [1.165, 1.54) is 24.3 Å². The van der Waals surface area contributed by atoms with Crippen molar-refractivity contribution in [1.82, 2.24) is 4.98 Å². The summed E-state index contributed by atoms with van der Waals surface area (Å²) in [6.07, 6.45) is 0. The Morgan fingerprint density at radius 2 is 2.20 bits per heavy atom. The molecule has 8 heteroatoms. The fraction of sp³-hybridized carbons (Fsp3) is 0.167. The van der Waals surface area contributed by atoms with Crippen molar-refractivity contribution in [1.29, 1.82) is 0 Å². The van der Waals surface area contributed by atoms with Crippen molar-refractivity contribution in [2.75, 3.05) is 5.32 Å². The third-order valence-electron chi connectivity index (χ3n) is 2.57. The van der Waals surface area contributed by atoms with Gasteiger partial charge in [0.05, 0.1) is 11.5 Å². The van der Waals surface area contributed by atoms with Crippen LogP contribution >= 0.6 is 0 Å². The van der Waals surface area contributed by atoms with Gasteiger partial charge in [0.2, 0.25) is 5.76 Å². The van der Waals surface area contributed by atoms with Crippen molar-refractivity contribution in [3.05, 3.63) is 51.6 Å². The molecule has 0 radical (unpaired) electrons. The molecule has 2 aromatic rings. The number of anilines is 1. The summed E-state index contributed by atoms with van der Waals surface area (Å²) >= 11 is 0. The minimum atomic E-state index is -1.14. The Balaban J connectivity index is 2.05. The molecule has 2 rings (SSSR count). The molecule has 2 aromatic heterocycles. The van der Waals surface area contributed by atoms with Crippen LogP contribution in [0.5, 0.6) is 0 Å². The first-order chi connectivity index (χ1) is 9.47. The monoisotopic (exact) mass is 277 g/mol. The van der Waals surface area contributed by atoms with E-state index in [2.05, 4.69) is 10.3 Å². The van der Waals surface area contributed by atoms with Crippen molar-refractivity contribution in [3.63, 3.8) is 0 Å². The number of nitrogens with one attached hydrogen (secondary N) is 1. The second-order valence-corrected chi connectivity index (χ2v) is 3.98. The zero-order chi connectivity index (χ0) is 14.7. The number of hydrogen-bond acceptors (Lipinski definition) is 6. The van der Waals surface area contributed by atoms with Gasteiger partial charge in [0, 0.05) is 6.07 Å². The lowest BCUT2D eigenvalue weighted by Crippen LogP contribution is -2.03. The van der Waals surface area contributed by atoms with E-state index in [1.54, 1.807) is 6.92 Å². The lowest BCUT2D eigenvalue weighted by atomic mass is 10.3. The van der Waals surface area contributed by atoms with Gasteiger partial charge in [-0.15, -0.1) is 0 Å². The van der Waals surface area contributed by atoms with Crippen LogP contribution in [0.2, 0.25) is 0 Å². The molecule has 0 aliphatic carbocycles. The molecule has 0 saturated carbocycles. The second kappa shape index (κ2) is 5.39. The van der Waals surface area contributed by atoms with Gasteiger partial charge in [-0.3, -0.25) is 10.1 Å². The summed E-state index contributed by atoms with van der Waals surface area (Å²) < 4.78 is 5.06. The Labute approximate surface area is 113 Å². The Hall–Kier alpha value is -2.90. The number of pyridine rings is 1. The maximum atomic E-state index is 10.7. The molecule has 0 aliphatic rings. The van der Waals surface area contributed by atoms with Crippen molar-refractivity contribution >= 4 is 17.5 Å². The van der Waals surface area contributed by atoms with E-state index in [1.807, 2.05) is 0 Å². The smallest absolute Gasteiger partial charge is 0.371 e. The maximum absolute atomic E-state index is 10.7. The van der Waals surface area contributed by atoms with Crippen LogP contribution in [0.15, 0.2) is 28.7 Å². The van der Waals surface area contributed by atoms with Crippen LogP contribution in [0.25, 0.3) is 0 Å². The van der Waals surface area contributed by atoms with E-state index in [0.717, 1.165) is 0 Å². The highest BCUT2D eigenvalue weighted by molar-refractivity contribution is 5.84. The molecule has 0 spiro atoms. The third-order valence-corrected chi connectivity index (χ3v) is 2.57. The number of aryl methyl sites for hydroxylation is 1. The molecule has 0 amide bonds. The van der Waals surface area contributed by atoms with E-state index in [9.17, 15) is 14.9 Å². The van der Waals surface area contributed by atoms with Gasteiger partial charge in [-0.25, -0.2) is 9.78 Å². The van der Waals surface area contributed by atoms with E-state index < -0.39 is 10.9 Å². The Kier molecular flexibility index (Phi) is 3.65. The third kappa shape index (κ3) is 2.91. The number of aromatic carboxylic acids is 1. The number of carbonyl (C=O) groups is 1. The molecule has 0 fully saturated rings. The average Bonchev–Trinajstić information content (AvgIpc) is 2.85. The minimum absolute atomic E-state index is 0.0540. The Bertz CT molecular complexity index is 665. The van der Waals surface area contributed by atoms with Gasteiger partial charge >= 0.3 is 5.97 Å². The van der Waals surface area contributed by atoms with Gasteiger partial charge in [-0.2, -0.15) is 0 Å². The molecule has 2 N–H and O–H groups in total. The first kappa shape index (κ1) is 13.5. The van der Waals surface area contributed by atoms with Crippen molar-refractivity contribution < 1.29 is 19.2 Å². The van der Waals surface area contributed by atoms with Gasteiger partial charge < -0.3 is 14.8 Å². The molecule has 104 valence electrons. The van der Waals surface area contributed by atoms with Crippen LogP contribution in [0.3, 0.4) is 0 Å². The summed E-state index contributed by atoms with van der Waals surface area (Å²) in [6.45, 7) is 1.77. The van der Waals surface area contributed by atoms with Crippen LogP contribution in [0, 0.1) is 17.0 Å². The van der Waals surface area contributed by atoms with Crippen LogP contribution in [0.4, 0.5) is 11.5 Å². The summed E-state index contributed by atoms with van der Waals surface area (Å²) in [6, 6.07) is 5.73. The number of rotatable bonds is 5. The topological polar surface area (TPSA) is 118 Å². The number of furan rings is 1. The van der Waals surface area contributed by atoms with Crippen molar-refractivity contribution in [2.45, 2.75) is 13.5 Å². The largest absolute Gasteiger partial charge is 0.475 e. The quantitative estimate of drug-likeness (QED) is 0.635. The Morgan fingerprint density at radius 3 is 2.75 bits per heavy atom. The average molecular weight is 277 g/mol. The number of hydrogen-bond donors (Lipinski definition) is 2. The van der Waals surface area contributed by atoms with Gasteiger partial charge in [0.25, 0.3) is 5.69 Å². The molecule has 0 atom stereocenters. The van der Waals surface area contributed by atoms with Gasteiger partial charge in [0.1, 0.15) is 17.3 Å². The van der Waals surface area contributed by atoms with Crippen molar-refractivity contribution in [2.24, 2.45) is 0 Å². The standard InChI is InChI=1S/C12H11N3O5/c1-7-9(15(18)19)3-5-11(14-7)13-6-8-2-4-10(20-8)12(16)17/h2-5H,6H2,1H3,(H,13,14)(H,16,17). The lowest BCUT2D eigenvalue weighted by Gasteiger charge is -2.04. The molecular weight excluding hydrogens is 266 g/mol. The number of nitro groups is 1. The fourth-order valence-corrected chi connectivity index (χ4v) is 1.61. The van der Waals surface area contributed by atoms with Crippen LogP contribution < -0.4 is 5.32 Å². The van der Waals surface area contributed by atoms with E-state index in [4.69, 9.17) is 9.52 Å². The molecule has 0 aromatic carbocycles. The fourth-order valence-electron chi connectivity index (χ4n) is 1.61. The predicted molar refractivity (Wildman–Crippen MR) is 68.6 cm³/mol. The first-order valence-electron chi connectivity index (χ1n) is 5.65. The lowest BCUT2D eigenvalue weighted by molar-refractivity contribution is -0.385. The van der Waals surface area contributed by atoms with E-state index in [0.29, 0.717) is 17.3 Å². The van der Waals surface area contributed by atoms with Crippen molar-refractivity contribution in [3.8, 4) is 0 Å². The van der Waals surface area contributed by atoms with Crippen LogP contribution in [-0.4, -0.2) is 21.0 Å².